The predicted molar refractivity (Wildman–Crippen MR) is 61.5 cm³/mol. The monoisotopic (exact) mass is 213 g/mol. The molecule has 0 bridgehead atoms. The fourth-order valence-corrected chi connectivity index (χ4v) is 2.01. The molecule has 0 aromatic rings. The SMILES string of the molecule is CCCC(CN)C(=O)N1CCCNCC1. The van der Waals surface area contributed by atoms with Gasteiger partial charge in [0.25, 0.3) is 0 Å². The topological polar surface area (TPSA) is 58.4 Å². The van der Waals surface area contributed by atoms with Gasteiger partial charge in [-0.3, -0.25) is 4.79 Å². The van der Waals surface area contributed by atoms with Crippen molar-refractivity contribution in [3.05, 3.63) is 0 Å². The van der Waals surface area contributed by atoms with Crippen molar-refractivity contribution < 1.29 is 4.79 Å². The van der Waals surface area contributed by atoms with Gasteiger partial charge in [-0.05, 0) is 19.4 Å². The van der Waals surface area contributed by atoms with Gasteiger partial charge in [-0.2, -0.15) is 0 Å². The molecule has 1 aliphatic rings. The van der Waals surface area contributed by atoms with E-state index in [-0.39, 0.29) is 11.8 Å². The van der Waals surface area contributed by atoms with Crippen molar-refractivity contribution in [1.29, 1.82) is 0 Å². The summed E-state index contributed by atoms with van der Waals surface area (Å²) in [5.41, 5.74) is 5.64. The number of rotatable bonds is 4. The highest BCUT2D eigenvalue weighted by Crippen LogP contribution is 2.10. The van der Waals surface area contributed by atoms with Crippen molar-refractivity contribution in [2.45, 2.75) is 26.2 Å². The van der Waals surface area contributed by atoms with E-state index in [1.165, 1.54) is 0 Å². The second kappa shape index (κ2) is 6.80. The number of hydrogen-bond acceptors (Lipinski definition) is 3. The number of nitrogens with zero attached hydrogens (tertiary/aromatic N) is 1. The van der Waals surface area contributed by atoms with Gasteiger partial charge in [-0.1, -0.05) is 13.3 Å². The van der Waals surface area contributed by atoms with Crippen LogP contribution >= 0.6 is 0 Å². The highest BCUT2D eigenvalue weighted by Gasteiger charge is 2.22. The minimum atomic E-state index is 0.0353. The highest BCUT2D eigenvalue weighted by atomic mass is 16.2. The maximum absolute atomic E-state index is 12.1. The summed E-state index contributed by atoms with van der Waals surface area (Å²) in [4.78, 5) is 14.1. The van der Waals surface area contributed by atoms with Gasteiger partial charge in [0.15, 0.2) is 0 Å². The van der Waals surface area contributed by atoms with Crippen molar-refractivity contribution in [3.63, 3.8) is 0 Å². The molecule has 0 radical (unpaired) electrons. The van der Waals surface area contributed by atoms with E-state index < -0.39 is 0 Å². The largest absolute Gasteiger partial charge is 0.341 e. The van der Waals surface area contributed by atoms with Gasteiger partial charge in [-0.15, -0.1) is 0 Å². The van der Waals surface area contributed by atoms with Crippen LogP contribution in [-0.4, -0.2) is 43.5 Å². The van der Waals surface area contributed by atoms with Crippen LogP contribution in [0.5, 0.6) is 0 Å². The molecule has 1 fully saturated rings. The summed E-state index contributed by atoms with van der Waals surface area (Å²) in [5.74, 6) is 0.288. The molecule has 0 saturated carbocycles. The standard InChI is InChI=1S/C11H23N3O/c1-2-4-10(9-12)11(15)14-7-3-5-13-6-8-14/h10,13H,2-9,12H2,1H3. The molecule has 1 amide bonds. The number of hydrogen-bond donors (Lipinski definition) is 2. The Morgan fingerprint density at radius 2 is 2.27 bits per heavy atom. The highest BCUT2D eigenvalue weighted by molar-refractivity contribution is 5.79. The lowest BCUT2D eigenvalue weighted by atomic mass is 10.0. The molecule has 0 aromatic heterocycles. The van der Waals surface area contributed by atoms with E-state index in [0.717, 1.165) is 45.4 Å². The summed E-state index contributed by atoms with van der Waals surface area (Å²) in [6.07, 6.45) is 2.99. The van der Waals surface area contributed by atoms with E-state index in [4.69, 9.17) is 5.73 Å². The fourth-order valence-electron chi connectivity index (χ4n) is 2.01. The summed E-state index contributed by atoms with van der Waals surface area (Å²) in [7, 11) is 0. The van der Waals surface area contributed by atoms with Crippen LogP contribution in [0.25, 0.3) is 0 Å². The zero-order valence-electron chi connectivity index (χ0n) is 9.67. The minimum Gasteiger partial charge on any atom is -0.341 e. The lowest BCUT2D eigenvalue weighted by Gasteiger charge is -2.24. The van der Waals surface area contributed by atoms with Crippen LogP contribution in [0.15, 0.2) is 0 Å². The summed E-state index contributed by atoms with van der Waals surface area (Å²) < 4.78 is 0. The third-order valence-electron chi connectivity index (χ3n) is 2.92. The molecule has 1 heterocycles. The van der Waals surface area contributed by atoms with Crippen LogP contribution < -0.4 is 11.1 Å². The van der Waals surface area contributed by atoms with Crippen molar-refractivity contribution in [2.24, 2.45) is 11.7 Å². The maximum Gasteiger partial charge on any atom is 0.227 e. The van der Waals surface area contributed by atoms with Gasteiger partial charge in [0, 0.05) is 26.2 Å². The predicted octanol–water partition coefficient (Wildman–Crippen LogP) is 0.183. The average molecular weight is 213 g/mol. The van der Waals surface area contributed by atoms with Crippen LogP contribution in [0.1, 0.15) is 26.2 Å². The molecule has 1 aliphatic heterocycles. The van der Waals surface area contributed by atoms with Crippen molar-refractivity contribution in [1.82, 2.24) is 10.2 Å². The smallest absolute Gasteiger partial charge is 0.227 e. The lowest BCUT2D eigenvalue weighted by molar-refractivity contribution is -0.135. The first kappa shape index (κ1) is 12.5. The summed E-state index contributed by atoms with van der Waals surface area (Å²) >= 11 is 0. The number of carbonyl (C=O) groups excluding carboxylic acids is 1. The van der Waals surface area contributed by atoms with Gasteiger partial charge < -0.3 is 16.0 Å². The molecule has 4 nitrogen and oxygen atoms in total. The average Bonchev–Trinajstić information content (AvgIpc) is 2.53. The van der Waals surface area contributed by atoms with E-state index in [2.05, 4.69) is 12.2 Å². The Kier molecular flexibility index (Phi) is 5.65. The van der Waals surface area contributed by atoms with Crippen molar-refractivity contribution in [3.8, 4) is 0 Å². The van der Waals surface area contributed by atoms with Gasteiger partial charge in [0.2, 0.25) is 5.91 Å². The number of nitrogens with two attached hydrogens (primary N) is 1. The molecular formula is C11H23N3O. The van der Waals surface area contributed by atoms with Gasteiger partial charge >= 0.3 is 0 Å². The first-order chi connectivity index (χ1) is 7.29. The third kappa shape index (κ3) is 3.80. The Bertz CT molecular complexity index is 188. The van der Waals surface area contributed by atoms with Gasteiger partial charge in [0.1, 0.15) is 0 Å². The molecule has 1 saturated heterocycles. The Balaban J connectivity index is 2.47. The van der Waals surface area contributed by atoms with E-state index in [9.17, 15) is 4.79 Å². The molecule has 0 aromatic carbocycles. The number of carbonyl (C=O) groups is 1. The molecule has 3 N–H and O–H groups in total. The van der Waals surface area contributed by atoms with Crippen molar-refractivity contribution in [2.75, 3.05) is 32.7 Å². The van der Waals surface area contributed by atoms with Crippen LogP contribution in [0.2, 0.25) is 0 Å². The summed E-state index contributed by atoms with van der Waals surface area (Å²) in [5, 5.41) is 3.30. The van der Waals surface area contributed by atoms with E-state index >= 15 is 0 Å². The Labute approximate surface area is 92.2 Å². The zero-order chi connectivity index (χ0) is 11.1. The zero-order valence-corrected chi connectivity index (χ0v) is 9.67. The molecular weight excluding hydrogens is 190 g/mol. The number of amides is 1. The van der Waals surface area contributed by atoms with E-state index in [0.29, 0.717) is 6.54 Å². The molecule has 0 aliphatic carbocycles. The maximum atomic E-state index is 12.1. The molecule has 15 heavy (non-hydrogen) atoms. The first-order valence-electron chi connectivity index (χ1n) is 5.99. The summed E-state index contributed by atoms with van der Waals surface area (Å²) in [6, 6.07) is 0. The van der Waals surface area contributed by atoms with Crippen LogP contribution in [0, 0.1) is 5.92 Å². The fraction of sp³-hybridized carbons (Fsp3) is 0.909. The molecule has 0 spiro atoms. The Hall–Kier alpha value is -0.610. The third-order valence-corrected chi connectivity index (χ3v) is 2.92. The molecule has 1 unspecified atom stereocenters. The van der Waals surface area contributed by atoms with Crippen LogP contribution in [-0.2, 0) is 4.79 Å². The first-order valence-corrected chi connectivity index (χ1v) is 5.99. The second-order valence-corrected chi connectivity index (χ2v) is 4.15. The van der Waals surface area contributed by atoms with Gasteiger partial charge in [-0.25, -0.2) is 0 Å². The van der Waals surface area contributed by atoms with E-state index in [1.54, 1.807) is 0 Å². The second-order valence-electron chi connectivity index (χ2n) is 4.15. The number of nitrogens with one attached hydrogen (secondary N) is 1. The lowest BCUT2D eigenvalue weighted by Crippen LogP contribution is -2.40. The Morgan fingerprint density at radius 1 is 1.47 bits per heavy atom. The normalized spacial score (nSPS) is 19.7. The van der Waals surface area contributed by atoms with Crippen LogP contribution in [0.4, 0.5) is 0 Å². The minimum absolute atomic E-state index is 0.0353. The van der Waals surface area contributed by atoms with Crippen molar-refractivity contribution >= 4 is 5.91 Å². The summed E-state index contributed by atoms with van der Waals surface area (Å²) in [6.45, 7) is 6.22. The molecule has 1 atom stereocenters. The van der Waals surface area contributed by atoms with Gasteiger partial charge in [0.05, 0.1) is 5.92 Å². The molecule has 1 rings (SSSR count). The Morgan fingerprint density at radius 3 is 2.93 bits per heavy atom. The molecule has 4 heteroatoms. The van der Waals surface area contributed by atoms with Crippen LogP contribution in [0.3, 0.4) is 0 Å². The van der Waals surface area contributed by atoms with E-state index in [1.807, 2.05) is 4.90 Å². The molecule has 88 valence electrons. The quantitative estimate of drug-likeness (QED) is 0.700.